The summed E-state index contributed by atoms with van der Waals surface area (Å²) < 4.78 is 1.48. The highest BCUT2D eigenvalue weighted by Crippen LogP contribution is 2.35. The molecule has 3 atom stereocenters. The number of hydrogen-bond donors (Lipinski definition) is 0. The van der Waals surface area contributed by atoms with E-state index in [-0.39, 0.29) is 23.8 Å². The third kappa shape index (κ3) is 4.68. The van der Waals surface area contributed by atoms with Gasteiger partial charge in [-0.1, -0.05) is 36.7 Å². The first-order valence-corrected chi connectivity index (χ1v) is 12.8. The lowest BCUT2D eigenvalue weighted by atomic mass is 9.95. The minimum Gasteiger partial charge on any atom is -0.349 e. The fourth-order valence-corrected chi connectivity index (χ4v) is 5.35. The topological polar surface area (TPSA) is 90.9 Å². The zero-order valence-corrected chi connectivity index (χ0v) is 21.8. The second-order valence-electron chi connectivity index (χ2n) is 9.42. The van der Waals surface area contributed by atoms with E-state index in [1.165, 1.54) is 4.57 Å². The minimum absolute atomic E-state index is 0.0247. The van der Waals surface area contributed by atoms with Crippen LogP contribution in [-0.4, -0.2) is 49.6 Å². The second-order valence-corrected chi connectivity index (χ2v) is 9.86. The zero-order valence-electron chi connectivity index (χ0n) is 21.0. The maximum absolute atomic E-state index is 12.8. The molecule has 0 bridgehead atoms. The molecule has 0 N–H and O–H groups in total. The highest BCUT2D eigenvalue weighted by atomic mass is 35.5. The maximum Gasteiger partial charge on any atom is 0.349 e. The van der Waals surface area contributed by atoms with E-state index >= 15 is 0 Å². The Morgan fingerprint density at radius 1 is 1.11 bits per heavy atom. The Hall–Kier alpha value is -3.80. The van der Waals surface area contributed by atoms with Gasteiger partial charge < -0.3 is 4.90 Å². The van der Waals surface area contributed by atoms with Crippen LogP contribution in [0.4, 0.5) is 5.82 Å². The molecule has 8 nitrogen and oxygen atoms in total. The van der Waals surface area contributed by atoms with Gasteiger partial charge in [-0.2, -0.15) is 10.2 Å². The first-order chi connectivity index (χ1) is 17.9. The number of aromatic nitrogens is 4. The Morgan fingerprint density at radius 2 is 1.89 bits per heavy atom. The van der Waals surface area contributed by atoms with Crippen LogP contribution in [0.15, 0.2) is 65.6 Å². The van der Waals surface area contributed by atoms with E-state index in [2.05, 4.69) is 57.9 Å². The molecule has 5 rings (SSSR count). The van der Waals surface area contributed by atoms with Crippen LogP contribution in [0.2, 0.25) is 5.02 Å². The normalized spacial score (nSPS) is 19.1. The lowest BCUT2D eigenvalue weighted by molar-refractivity contribution is 0.113. The first-order valence-electron chi connectivity index (χ1n) is 12.4. The lowest BCUT2D eigenvalue weighted by Crippen LogP contribution is -2.58. The summed E-state index contributed by atoms with van der Waals surface area (Å²) in [5, 5.41) is 10.1. The summed E-state index contributed by atoms with van der Waals surface area (Å²) in [5.74, 6) is 0.529. The van der Waals surface area contributed by atoms with E-state index in [4.69, 9.17) is 16.6 Å². The molecule has 188 valence electrons. The van der Waals surface area contributed by atoms with Gasteiger partial charge in [0.2, 0.25) is 0 Å². The fraction of sp³-hybridized carbons (Fsp3) is 0.321. The summed E-state index contributed by atoms with van der Waals surface area (Å²) in [6.45, 7) is 5.68. The first kappa shape index (κ1) is 24.9. The zero-order chi connectivity index (χ0) is 26.1. The molecule has 0 radical (unpaired) electrons. The van der Waals surface area contributed by atoms with Crippen molar-refractivity contribution in [1.29, 1.82) is 5.26 Å². The van der Waals surface area contributed by atoms with E-state index in [0.717, 1.165) is 24.2 Å². The van der Waals surface area contributed by atoms with E-state index in [0.29, 0.717) is 34.1 Å². The molecule has 4 heterocycles. The van der Waals surface area contributed by atoms with Gasteiger partial charge in [0, 0.05) is 43.4 Å². The van der Waals surface area contributed by atoms with Crippen LogP contribution in [0, 0.1) is 11.3 Å². The van der Waals surface area contributed by atoms with Crippen molar-refractivity contribution in [3.8, 4) is 6.07 Å². The Kier molecular flexibility index (Phi) is 6.92. The number of benzene rings is 1. The standard InChI is InChI=1S/C28H28ClN7O/c1-4-22-17-35(27-25-24(34(3)28(37)33-27)13-12-21(15-30)32-25)18(2)16-36(22)26(23-7-5-6-14-31-23)19-8-10-20(29)11-9-19/h5-14,18,22,26H,4,16-17H2,1-3H3/t18-,22+,26?/m0/s1. The van der Waals surface area contributed by atoms with Crippen LogP contribution in [0.3, 0.4) is 0 Å². The smallest absolute Gasteiger partial charge is 0.349 e. The van der Waals surface area contributed by atoms with E-state index in [1.807, 2.05) is 30.5 Å². The Morgan fingerprint density at radius 3 is 2.57 bits per heavy atom. The Labute approximate surface area is 220 Å². The predicted molar refractivity (Wildman–Crippen MR) is 145 cm³/mol. The Balaban J connectivity index is 1.58. The van der Waals surface area contributed by atoms with Crippen LogP contribution >= 0.6 is 11.6 Å². The number of halogens is 1. The quantitative estimate of drug-likeness (QED) is 0.392. The summed E-state index contributed by atoms with van der Waals surface area (Å²) in [6.07, 6.45) is 2.72. The number of nitriles is 1. The highest BCUT2D eigenvalue weighted by Gasteiger charge is 2.38. The van der Waals surface area contributed by atoms with Gasteiger partial charge in [-0.05, 0) is 55.3 Å². The van der Waals surface area contributed by atoms with Gasteiger partial charge >= 0.3 is 5.69 Å². The minimum atomic E-state index is -0.343. The molecule has 3 aromatic heterocycles. The van der Waals surface area contributed by atoms with Crippen molar-refractivity contribution in [3.05, 3.63) is 93.3 Å². The summed E-state index contributed by atoms with van der Waals surface area (Å²) in [6, 6.07) is 19.6. The van der Waals surface area contributed by atoms with E-state index in [1.54, 1.807) is 19.2 Å². The van der Waals surface area contributed by atoms with E-state index in [9.17, 15) is 10.1 Å². The SMILES string of the molecule is CC[C@@H]1CN(c2nc(=O)n(C)c3ccc(C#N)nc23)[C@@H](C)CN1C(c1ccc(Cl)cc1)c1ccccn1. The van der Waals surface area contributed by atoms with Crippen molar-refractivity contribution in [2.45, 2.75) is 38.4 Å². The van der Waals surface area contributed by atoms with Crippen molar-refractivity contribution in [1.82, 2.24) is 24.4 Å². The molecule has 1 aromatic carbocycles. The maximum atomic E-state index is 12.8. The molecule has 1 aliphatic heterocycles. The van der Waals surface area contributed by atoms with Gasteiger partial charge in [0.15, 0.2) is 5.82 Å². The molecule has 0 aliphatic carbocycles. The van der Waals surface area contributed by atoms with Crippen molar-refractivity contribution in [3.63, 3.8) is 0 Å². The number of rotatable bonds is 5. The summed E-state index contributed by atoms with van der Waals surface area (Å²) in [4.78, 5) is 31.1. The predicted octanol–water partition coefficient (Wildman–Crippen LogP) is 4.33. The summed E-state index contributed by atoms with van der Waals surface area (Å²) in [7, 11) is 1.68. The average molecular weight is 514 g/mol. The molecule has 0 amide bonds. The van der Waals surface area contributed by atoms with Gasteiger partial charge in [0.25, 0.3) is 0 Å². The molecular formula is C28H28ClN7O. The van der Waals surface area contributed by atoms with Gasteiger partial charge in [0.1, 0.15) is 17.3 Å². The van der Waals surface area contributed by atoms with Gasteiger partial charge in [-0.25, -0.2) is 9.78 Å². The third-order valence-electron chi connectivity index (χ3n) is 7.16. The molecule has 0 saturated carbocycles. The summed E-state index contributed by atoms with van der Waals surface area (Å²) >= 11 is 6.21. The van der Waals surface area contributed by atoms with E-state index < -0.39 is 0 Å². The average Bonchev–Trinajstić information content (AvgIpc) is 2.92. The van der Waals surface area contributed by atoms with Crippen LogP contribution in [-0.2, 0) is 7.05 Å². The second kappa shape index (κ2) is 10.3. The van der Waals surface area contributed by atoms with Crippen molar-refractivity contribution < 1.29 is 0 Å². The third-order valence-corrected chi connectivity index (χ3v) is 7.41. The number of hydrogen-bond acceptors (Lipinski definition) is 7. The molecule has 37 heavy (non-hydrogen) atoms. The van der Waals surface area contributed by atoms with Gasteiger partial charge in [-0.3, -0.25) is 14.5 Å². The van der Waals surface area contributed by atoms with Crippen LogP contribution < -0.4 is 10.6 Å². The van der Waals surface area contributed by atoms with Crippen LogP contribution in [0.25, 0.3) is 11.0 Å². The molecule has 1 unspecified atom stereocenters. The molecule has 9 heteroatoms. The van der Waals surface area contributed by atoms with Crippen LogP contribution in [0.1, 0.15) is 43.3 Å². The number of nitrogens with zero attached hydrogens (tertiary/aromatic N) is 7. The van der Waals surface area contributed by atoms with Crippen molar-refractivity contribution in [2.75, 3.05) is 18.0 Å². The lowest BCUT2D eigenvalue weighted by Gasteiger charge is -2.48. The molecule has 1 fully saturated rings. The molecule has 0 spiro atoms. The van der Waals surface area contributed by atoms with Gasteiger partial charge in [0.05, 0.1) is 17.3 Å². The number of piperazine rings is 1. The molecule has 1 saturated heterocycles. The van der Waals surface area contributed by atoms with Crippen LogP contribution in [0.5, 0.6) is 0 Å². The number of pyridine rings is 2. The number of anilines is 1. The van der Waals surface area contributed by atoms with Crippen molar-refractivity contribution in [2.24, 2.45) is 7.05 Å². The molecular weight excluding hydrogens is 486 g/mol. The Bertz CT molecular complexity index is 1510. The highest BCUT2D eigenvalue weighted by molar-refractivity contribution is 6.30. The molecule has 4 aromatic rings. The van der Waals surface area contributed by atoms with Crippen molar-refractivity contribution >= 4 is 28.5 Å². The summed E-state index contributed by atoms with van der Waals surface area (Å²) in [5.41, 5.74) is 3.27. The number of aryl methyl sites for hydroxylation is 1. The number of fused-ring (bicyclic) bond motifs is 1. The molecule has 1 aliphatic rings. The fourth-order valence-electron chi connectivity index (χ4n) is 5.23. The monoisotopic (exact) mass is 513 g/mol. The largest absolute Gasteiger partial charge is 0.349 e. The van der Waals surface area contributed by atoms with Gasteiger partial charge in [-0.15, -0.1) is 0 Å².